The summed E-state index contributed by atoms with van der Waals surface area (Å²) in [5.41, 5.74) is 0. The first-order valence-electron chi connectivity index (χ1n) is 5.25. The molecule has 8 heteroatoms. The molecule has 0 saturated heterocycles. The monoisotopic (exact) mass is 290 g/mol. The standard InChI is InChI=1S/C11H12F2N2O3S/c1-18-8-7-15(6-5-14)19(16,17)10-4-2-3-9(12)11(10)13/h2-4H,6-8H2,1H3. The molecule has 104 valence electrons. The van der Waals surface area contributed by atoms with E-state index in [2.05, 4.69) is 0 Å². The molecule has 1 aromatic carbocycles. The quantitative estimate of drug-likeness (QED) is 0.736. The lowest BCUT2D eigenvalue weighted by Gasteiger charge is -2.19. The lowest BCUT2D eigenvalue weighted by atomic mass is 10.3. The van der Waals surface area contributed by atoms with Crippen LogP contribution in [0.5, 0.6) is 0 Å². The maximum absolute atomic E-state index is 13.5. The highest BCUT2D eigenvalue weighted by atomic mass is 32.2. The number of methoxy groups -OCH3 is 1. The maximum Gasteiger partial charge on any atom is 0.247 e. The van der Waals surface area contributed by atoms with Crippen LogP contribution in [0.1, 0.15) is 0 Å². The first-order valence-corrected chi connectivity index (χ1v) is 6.69. The van der Waals surface area contributed by atoms with E-state index in [4.69, 9.17) is 10.00 Å². The highest BCUT2D eigenvalue weighted by molar-refractivity contribution is 7.89. The summed E-state index contributed by atoms with van der Waals surface area (Å²) in [5, 5.41) is 8.61. The molecule has 0 aliphatic rings. The van der Waals surface area contributed by atoms with E-state index >= 15 is 0 Å². The number of sulfonamides is 1. The number of benzene rings is 1. The lowest BCUT2D eigenvalue weighted by Crippen LogP contribution is -2.34. The molecule has 1 aromatic rings. The number of nitriles is 1. The van der Waals surface area contributed by atoms with Crippen molar-refractivity contribution >= 4 is 10.0 Å². The Morgan fingerprint density at radius 2 is 2.11 bits per heavy atom. The van der Waals surface area contributed by atoms with Gasteiger partial charge in [-0.25, -0.2) is 17.2 Å². The minimum absolute atomic E-state index is 0.0395. The smallest absolute Gasteiger partial charge is 0.247 e. The molecule has 19 heavy (non-hydrogen) atoms. The van der Waals surface area contributed by atoms with Gasteiger partial charge in [-0.2, -0.15) is 9.57 Å². The number of hydrogen-bond acceptors (Lipinski definition) is 4. The first kappa shape index (κ1) is 15.5. The molecule has 0 aromatic heterocycles. The molecule has 0 unspecified atom stereocenters. The van der Waals surface area contributed by atoms with Crippen molar-refractivity contribution in [3.8, 4) is 6.07 Å². The number of ether oxygens (including phenoxy) is 1. The summed E-state index contributed by atoms with van der Waals surface area (Å²) >= 11 is 0. The molecule has 0 bridgehead atoms. The SMILES string of the molecule is COCCN(CC#N)S(=O)(=O)c1cccc(F)c1F. The van der Waals surface area contributed by atoms with Crippen LogP contribution in [-0.2, 0) is 14.8 Å². The van der Waals surface area contributed by atoms with Crippen LogP contribution >= 0.6 is 0 Å². The van der Waals surface area contributed by atoms with Gasteiger partial charge in [-0.1, -0.05) is 6.07 Å². The van der Waals surface area contributed by atoms with Gasteiger partial charge in [0.15, 0.2) is 11.6 Å². The summed E-state index contributed by atoms with van der Waals surface area (Å²) in [6.45, 7) is -0.554. The Bertz CT molecular complexity index is 584. The molecular formula is C11H12F2N2O3S. The number of nitrogens with zero attached hydrogens (tertiary/aromatic N) is 2. The van der Waals surface area contributed by atoms with Crippen LogP contribution < -0.4 is 0 Å². The average molecular weight is 290 g/mol. The number of rotatable bonds is 6. The zero-order valence-corrected chi connectivity index (χ0v) is 11.0. The van der Waals surface area contributed by atoms with Gasteiger partial charge in [-0.3, -0.25) is 0 Å². The van der Waals surface area contributed by atoms with E-state index in [0.717, 1.165) is 22.5 Å². The van der Waals surface area contributed by atoms with Gasteiger partial charge in [0.1, 0.15) is 11.4 Å². The lowest BCUT2D eigenvalue weighted by molar-refractivity contribution is 0.182. The van der Waals surface area contributed by atoms with E-state index in [1.165, 1.54) is 7.11 Å². The molecule has 5 nitrogen and oxygen atoms in total. The van der Waals surface area contributed by atoms with Gasteiger partial charge >= 0.3 is 0 Å². The van der Waals surface area contributed by atoms with Gasteiger partial charge < -0.3 is 4.74 Å². The van der Waals surface area contributed by atoms with E-state index in [1.807, 2.05) is 0 Å². The van der Waals surface area contributed by atoms with E-state index in [-0.39, 0.29) is 13.2 Å². The zero-order valence-electron chi connectivity index (χ0n) is 10.1. The summed E-state index contributed by atoms with van der Waals surface area (Å²) in [6.07, 6.45) is 0. The zero-order chi connectivity index (χ0) is 14.5. The molecule has 0 saturated carbocycles. The van der Waals surface area contributed by atoms with Crippen molar-refractivity contribution in [1.82, 2.24) is 4.31 Å². The highest BCUT2D eigenvalue weighted by Crippen LogP contribution is 2.20. The minimum atomic E-state index is -4.27. The second kappa shape index (κ2) is 6.56. The number of hydrogen-bond donors (Lipinski definition) is 0. The van der Waals surface area contributed by atoms with E-state index in [1.54, 1.807) is 6.07 Å². The molecule has 0 radical (unpaired) electrons. The fourth-order valence-electron chi connectivity index (χ4n) is 1.38. The van der Waals surface area contributed by atoms with E-state index in [9.17, 15) is 17.2 Å². The van der Waals surface area contributed by atoms with Crippen molar-refractivity contribution in [3.05, 3.63) is 29.8 Å². The van der Waals surface area contributed by atoms with Crippen molar-refractivity contribution in [2.24, 2.45) is 0 Å². The Labute approximate surface area is 110 Å². The molecule has 0 aliphatic heterocycles. The fourth-order valence-corrected chi connectivity index (χ4v) is 2.77. The van der Waals surface area contributed by atoms with Crippen LogP contribution in [0.3, 0.4) is 0 Å². The molecule has 0 heterocycles. The van der Waals surface area contributed by atoms with Crippen molar-refractivity contribution in [1.29, 1.82) is 5.26 Å². The minimum Gasteiger partial charge on any atom is -0.383 e. The van der Waals surface area contributed by atoms with Gasteiger partial charge in [0.2, 0.25) is 10.0 Å². The van der Waals surface area contributed by atoms with Crippen LogP contribution in [0.25, 0.3) is 0 Å². The van der Waals surface area contributed by atoms with E-state index in [0.29, 0.717) is 0 Å². The first-order chi connectivity index (χ1) is 8.95. The Morgan fingerprint density at radius 1 is 1.42 bits per heavy atom. The highest BCUT2D eigenvalue weighted by Gasteiger charge is 2.28. The molecule has 0 N–H and O–H groups in total. The molecule has 1 rings (SSSR count). The van der Waals surface area contributed by atoms with Gasteiger partial charge in [0.25, 0.3) is 0 Å². The molecular weight excluding hydrogens is 278 g/mol. The van der Waals surface area contributed by atoms with Gasteiger partial charge in [-0.15, -0.1) is 0 Å². The third-order valence-corrected chi connectivity index (χ3v) is 4.19. The predicted molar refractivity (Wildman–Crippen MR) is 62.6 cm³/mol. The van der Waals surface area contributed by atoms with Crippen LogP contribution in [0, 0.1) is 23.0 Å². The molecule has 0 aliphatic carbocycles. The summed E-state index contributed by atoms with van der Waals surface area (Å²) < 4.78 is 56.3. The molecule has 0 amide bonds. The van der Waals surface area contributed by atoms with Crippen molar-refractivity contribution < 1.29 is 21.9 Å². The summed E-state index contributed by atoms with van der Waals surface area (Å²) in [6, 6.07) is 4.52. The predicted octanol–water partition coefficient (Wildman–Crippen LogP) is 1.13. The molecule has 0 spiro atoms. The topological polar surface area (TPSA) is 70.4 Å². The summed E-state index contributed by atoms with van der Waals surface area (Å²) in [5.74, 6) is -2.72. The van der Waals surface area contributed by atoms with Crippen LogP contribution in [0.4, 0.5) is 8.78 Å². The largest absolute Gasteiger partial charge is 0.383 e. The van der Waals surface area contributed by atoms with Crippen molar-refractivity contribution in [2.75, 3.05) is 26.8 Å². The second-order valence-electron chi connectivity index (χ2n) is 3.54. The van der Waals surface area contributed by atoms with Gasteiger partial charge in [0, 0.05) is 13.7 Å². The Hall–Kier alpha value is -1.56. The number of halogens is 2. The fraction of sp³-hybridized carbons (Fsp3) is 0.364. The Morgan fingerprint density at radius 3 is 2.68 bits per heavy atom. The van der Waals surface area contributed by atoms with Gasteiger partial charge in [0.05, 0.1) is 12.7 Å². The van der Waals surface area contributed by atoms with Crippen LogP contribution in [-0.4, -0.2) is 39.5 Å². The summed E-state index contributed by atoms with van der Waals surface area (Å²) in [4.78, 5) is -0.793. The third-order valence-electron chi connectivity index (χ3n) is 2.33. The Balaban J connectivity index is 3.19. The maximum atomic E-state index is 13.5. The third kappa shape index (κ3) is 3.47. The molecule has 0 fully saturated rings. The van der Waals surface area contributed by atoms with Gasteiger partial charge in [-0.05, 0) is 12.1 Å². The van der Waals surface area contributed by atoms with E-state index < -0.39 is 33.1 Å². The average Bonchev–Trinajstić information content (AvgIpc) is 2.37. The van der Waals surface area contributed by atoms with Crippen LogP contribution in [0.15, 0.2) is 23.1 Å². The Kier molecular flexibility index (Phi) is 5.35. The van der Waals surface area contributed by atoms with Crippen molar-refractivity contribution in [3.63, 3.8) is 0 Å². The molecule has 0 atom stereocenters. The summed E-state index contributed by atoms with van der Waals surface area (Å²) in [7, 11) is -2.91. The second-order valence-corrected chi connectivity index (χ2v) is 5.45. The van der Waals surface area contributed by atoms with Crippen LogP contribution in [0.2, 0.25) is 0 Å². The van der Waals surface area contributed by atoms with Crippen molar-refractivity contribution in [2.45, 2.75) is 4.90 Å². The normalized spacial score (nSPS) is 11.5.